The highest BCUT2D eigenvalue weighted by Gasteiger charge is 2.13. The summed E-state index contributed by atoms with van der Waals surface area (Å²) in [5, 5.41) is 25.3. The van der Waals surface area contributed by atoms with Crippen LogP contribution in [0.15, 0.2) is 51.9 Å². The Morgan fingerprint density at radius 3 is 2.48 bits per heavy atom. The average Bonchev–Trinajstić information content (AvgIpc) is 2.97. The van der Waals surface area contributed by atoms with Crippen molar-refractivity contribution >= 4 is 17.6 Å². The lowest BCUT2D eigenvalue weighted by Crippen LogP contribution is -2.12. The van der Waals surface area contributed by atoms with Gasteiger partial charge in [0, 0.05) is 24.1 Å². The van der Waals surface area contributed by atoms with E-state index < -0.39 is 11.6 Å². The van der Waals surface area contributed by atoms with E-state index in [0.717, 1.165) is 18.3 Å². The van der Waals surface area contributed by atoms with E-state index in [1.807, 2.05) is 0 Å². The third-order valence-corrected chi connectivity index (χ3v) is 4.34. The molecule has 0 spiro atoms. The quantitative estimate of drug-likeness (QED) is 0.703. The van der Waals surface area contributed by atoms with Gasteiger partial charge in [0.05, 0.1) is 17.5 Å². The van der Waals surface area contributed by atoms with E-state index in [9.17, 15) is 19.0 Å². The third kappa shape index (κ3) is 3.29. The van der Waals surface area contributed by atoms with E-state index in [4.69, 9.17) is 0 Å². The molecule has 25 heavy (non-hydrogen) atoms. The van der Waals surface area contributed by atoms with Gasteiger partial charge in [-0.1, -0.05) is 6.07 Å². The molecule has 8 heteroatoms. The van der Waals surface area contributed by atoms with Crippen molar-refractivity contribution in [1.29, 1.82) is 0 Å². The zero-order valence-corrected chi connectivity index (χ0v) is 13.8. The van der Waals surface area contributed by atoms with E-state index in [-0.39, 0.29) is 17.1 Å². The minimum atomic E-state index is -0.733. The monoisotopic (exact) mass is 361 g/mol. The first-order valence-corrected chi connectivity index (χ1v) is 8.03. The first-order chi connectivity index (χ1) is 12.0. The molecule has 3 aromatic rings. The molecule has 128 valence electrons. The number of thiazole rings is 1. The first-order valence-electron chi connectivity index (χ1n) is 7.15. The summed E-state index contributed by atoms with van der Waals surface area (Å²) >= 11 is 1.25. The number of rotatable bonds is 3. The fraction of sp³-hybridized carbons (Fsp3) is 0.0588. The molecule has 0 saturated carbocycles. The third-order valence-electron chi connectivity index (χ3n) is 3.44. The molecule has 0 aliphatic carbocycles. The number of aromatic nitrogens is 1. The molecular formula is C17H13F2N3O2S. The Balaban J connectivity index is 2.14. The summed E-state index contributed by atoms with van der Waals surface area (Å²) in [5.74, 6) is -1.70. The Kier molecular flexibility index (Phi) is 4.62. The molecule has 0 unspecified atom stereocenters. The Bertz CT molecular complexity index is 1000. The lowest BCUT2D eigenvalue weighted by molar-refractivity contribution is 0.451. The van der Waals surface area contributed by atoms with E-state index >= 15 is 0 Å². The molecule has 3 rings (SSSR count). The number of hydrogen-bond acceptors (Lipinski definition) is 5. The summed E-state index contributed by atoms with van der Waals surface area (Å²) in [6, 6.07) is 7.68. The van der Waals surface area contributed by atoms with Gasteiger partial charge in [0.1, 0.15) is 23.1 Å². The van der Waals surface area contributed by atoms with Crippen molar-refractivity contribution in [2.75, 3.05) is 7.05 Å². The highest BCUT2D eigenvalue weighted by atomic mass is 32.1. The highest BCUT2D eigenvalue weighted by Crippen LogP contribution is 2.32. The second-order valence-electron chi connectivity index (χ2n) is 5.02. The van der Waals surface area contributed by atoms with Gasteiger partial charge < -0.3 is 10.2 Å². The van der Waals surface area contributed by atoms with Crippen molar-refractivity contribution < 1.29 is 19.0 Å². The van der Waals surface area contributed by atoms with Gasteiger partial charge in [0.2, 0.25) is 4.80 Å². The zero-order chi connectivity index (χ0) is 18.0. The topological polar surface area (TPSA) is 70.1 Å². The van der Waals surface area contributed by atoms with E-state index in [0.29, 0.717) is 16.1 Å². The molecule has 0 aliphatic heterocycles. The van der Waals surface area contributed by atoms with Crippen LogP contribution in [0.3, 0.4) is 0 Å². The van der Waals surface area contributed by atoms with Gasteiger partial charge >= 0.3 is 0 Å². The molecule has 0 saturated heterocycles. The van der Waals surface area contributed by atoms with Crippen molar-refractivity contribution in [2.45, 2.75) is 0 Å². The van der Waals surface area contributed by atoms with E-state index in [1.54, 1.807) is 12.4 Å². The molecule has 1 aromatic heterocycles. The van der Waals surface area contributed by atoms with E-state index in [2.05, 4.69) is 10.1 Å². The standard InChI is InChI=1S/C17H13F2N3O2S/c1-20-17-22(21-8-12-13(18)3-2-4-14(12)19)15(9-25-17)11-6-5-10(23)7-16(11)24/h2-9,23-24H,1H3/b20-17?,21-8+. The first kappa shape index (κ1) is 16.8. The van der Waals surface area contributed by atoms with Gasteiger partial charge in [0.25, 0.3) is 0 Å². The van der Waals surface area contributed by atoms with Crippen LogP contribution in [0.25, 0.3) is 11.3 Å². The molecule has 0 aliphatic rings. The van der Waals surface area contributed by atoms with Crippen molar-refractivity contribution in [3.05, 3.63) is 63.8 Å². The summed E-state index contributed by atoms with van der Waals surface area (Å²) in [6.45, 7) is 0. The highest BCUT2D eigenvalue weighted by molar-refractivity contribution is 7.07. The van der Waals surface area contributed by atoms with Crippen molar-refractivity contribution in [2.24, 2.45) is 10.1 Å². The molecule has 0 fully saturated rings. The second kappa shape index (κ2) is 6.86. The fourth-order valence-electron chi connectivity index (χ4n) is 2.23. The number of phenols is 2. The van der Waals surface area contributed by atoms with Crippen LogP contribution in [-0.4, -0.2) is 28.2 Å². The number of hydrogen-bond donors (Lipinski definition) is 2. The van der Waals surface area contributed by atoms with Crippen LogP contribution in [0.5, 0.6) is 11.5 Å². The van der Waals surface area contributed by atoms with Crippen LogP contribution in [-0.2, 0) is 0 Å². The average molecular weight is 361 g/mol. The fourth-order valence-corrected chi connectivity index (χ4v) is 3.03. The lowest BCUT2D eigenvalue weighted by atomic mass is 10.1. The summed E-state index contributed by atoms with van der Waals surface area (Å²) < 4.78 is 28.9. The van der Waals surface area contributed by atoms with Crippen molar-refractivity contribution in [3.8, 4) is 22.8 Å². The van der Waals surface area contributed by atoms with Crippen LogP contribution in [0.4, 0.5) is 8.78 Å². The lowest BCUT2D eigenvalue weighted by Gasteiger charge is -2.06. The number of aromatic hydroxyl groups is 2. The van der Waals surface area contributed by atoms with Gasteiger partial charge in [-0.3, -0.25) is 4.99 Å². The van der Waals surface area contributed by atoms with Gasteiger partial charge in [-0.15, -0.1) is 11.3 Å². The normalized spacial score (nSPS) is 12.2. The van der Waals surface area contributed by atoms with Crippen LogP contribution in [0, 0.1) is 11.6 Å². The Hall–Kier alpha value is -3.00. The maximum atomic E-state index is 13.8. The molecule has 0 radical (unpaired) electrons. The Labute approximate surface area is 145 Å². The molecule has 5 nitrogen and oxygen atoms in total. The van der Waals surface area contributed by atoms with Crippen LogP contribution < -0.4 is 4.80 Å². The molecule has 2 N–H and O–H groups in total. The van der Waals surface area contributed by atoms with Gasteiger partial charge in [0.15, 0.2) is 0 Å². The summed E-state index contributed by atoms with van der Waals surface area (Å²) in [5.41, 5.74) is 0.593. The minimum absolute atomic E-state index is 0.0830. The summed E-state index contributed by atoms with van der Waals surface area (Å²) in [4.78, 5) is 4.54. The molecular weight excluding hydrogens is 348 g/mol. The predicted molar refractivity (Wildman–Crippen MR) is 91.9 cm³/mol. The second-order valence-corrected chi connectivity index (χ2v) is 5.86. The van der Waals surface area contributed by atoms with Gasteiger partial charge in [-0.2, -0.15) is 5.10 Å². The molecule has 1 heterocycles. The maximum Gasteiger partial charge on any atom is 0.205 e. The van der Waals surface area contributed by atoms with Crippen LogP contribution in [0.1, 0.15) is 5.56 Å². The van der Waals surface area contributed by atoms with Crippen molar-refractivity contribution in [3.63, 3.8) is 0 Å². The SMILES string of the molecule is CN=c1scc(-c2ccc(O)cc2O)n1/N=C/c1c(F)cccc1F. The predicted octanol–water partition coefficient (Wildman–Crippen LogP) is 3.32. The number of halogens is 2. The maximum absolute atomic E-state index is 13.8. The molecule has 0 bridgehead atoms. The van der Waals surface area contributed by atoms with Crippen LogP contribution >= 0.6 is 11.3 Å². The smallest absolute Gasteiger partial charge is 0.205 e. The minimum Gasteiger partial charge on any atom is -0.508 e. The number of nitrogens with zero attached hydrogens (tertiary/aromatic N) is 3. The molecule has 0 amide bonds. The number of benzene rings is 2. The zero-order valence-electron chi connectivity index (χ0n) is 13.0. The number of phenolic OH excluding ortho intramolecular Hbond substituents is 2. The van der Waals surface area contributed by atoms with Gasteiger partial charge in [-0.25, -0.2) is 13.5 Å². The molecule has 0 atom stereocenters. The van der Waals surface area contributed by atoms with Crippen molar-refractivity contribution in [1.82, 2.24) is 4.68 Å². The summed E-state index contributed by atoms with van der Waals surface area (Å²) in [6.07, 6.45) is 1.06. The molecule has 2 aromatic carbocycles. The van der Waals surface area contributed by atoms with E-state index in [1.165, 1.54) is 40.3 Å². The largest absolute Gasteiger partial charge is 0.508 e. The van der Waals surface area contributed by atoms with Gasteiger partial charge in [-0.05, 0) is 24.3 Å². The summed E-state index contributed by atoms with van der Waals surface area (Å²) in [7, 11) is 1.56. The Morgan fingerprint density at radius 2 is 1.84 bits per heavy atom. The Morgan fingerprint density at radius 1 is 1.12 bits per heavy atom. The van der Waals surface area contributed by atoms with Crippen LogP contribution in [0.2, 0.25) is 0 Å².